The number of halogens is 2. The molecule has 1 N–H and O–H groups in total. The molecule has 246 valence electrons. The number of amides is 2. The lowest BCUT2D eigenvalue weighted by atomic mass is 10.1. The van der Waals surface area contributed by atoms with Crippen LogP contribution in [0, 0.1) is 0 Å². The molecule has 1 saturated heterocycles. The molecule has 3 aromatic carbocycles. The van der Waals surface area contributed by atoms with Gasteiger partial charge in [-0.15, -0.1) is 0 Å². The number of rotatable bonds is 11. The zero-order chi connectivity index (χ0) is 33.3. The number of likely N-dealkylation sites (tertiary alicyclic amines) is 1. The van der Waals surface area contributed by atoms with Gasteiger partial charge in [-0.1, -0.05) is 41.4 Å². The first-order valence-corrected chi connectivity index (χ1v) is 16.1. The first-order chi connectivity index (χ1) is 21.9. The van der Waals surface area contributed by atoms with Crippen LogP contribution < -0.4 is 10.1 Å². The molecule has 9 nitrogen and oxygen atoms in total. The number of carbonyl (C=O) groups excluding carboxylic acids is 3. The van der Waals surface area contributed by atoms with Crippen LogP contribution in [0.5, 0.6) is 5.75 Å². The van der Waals surface area contributed by atoms with Gasteiger partial charge in [-0.2, -0.15) is 0 Å². The predicted molar refractivity (Wildman–Crippen MR) is 180 cm³/mol. The summed E-state index contributed by atoms with van der Waals surface area (Å²) in [6, 6.07) is 19.8. The predicted octanol–water partition coefficient (Wildman–Crippen LogP) is 7.59. The van der Waals surface area contributed by atoms with Gasteiger partial charge in [0.15, 0.2) is 0 Å². The van der Waals surface area contributed by atoms with Crippen molar-refractivity contribution in [2.24, 2.45) is 0 Å². The average molecular weight is 671 g/mol. The monoisotopic (exact) mass is 669 g/mol. The number of carbonyl (C=O) groups is 3. The molecule has 4 rings (SSSR count). The molecular weight excluding hydrogens is 629 g/mol. The zero-order valence-corrected chi connectivity index (χ0v) is 28.2. The highest BCUT2D eigenvalue weighted by atomic mass is 35.5. The Hall–Kier alpha value is -3.95. The highest BCUT2D eigenvalue weighted by molar-refractivity contribution is 6.31. The molecule has 0 bridgehead atoms. The quantitative estimate of drug-likeness (QED) is 0.210. The van der Waals surface area contributed by atoms with Gasteiger partial charge in [0.2, 0.25) is 0 Å². The molecule has 0 aromatic heterocycles. The average Bonchev–Trinajstić information content (AvgIpc) is 3.01. The summed E-state index contributed by atoms with van der Waals surface area (Å²) < 4.78 is 16.8. The summed E-state index contributed by atoms with van der Waals surface area (Å²) in [6.07, 6.45) is 1.19. The van der Waals surface area contributed by atoms with Gasteiger partial charge in [-0.3, -0.25) is 9.59 Å². The minimum Gasteiger partial charge on any atom is -0.490 e. The normalized spacial score (nSPS) is 13.6. The lowest BCUT2D eigenvalue weighted by molar-refractivity contribution is -0.143. The number of hydrogen-bond acceptors (Lipinski definition) is 7. The van der Waals surface area contributed by atoms with Gasteiger partial charge < -0.3 is 29.3 Å². The van der Waals surface area contributed by atoms with E-state index in [1.165, 1.54) is 4.90 Å². The van der Waals surface area contributed by atoms with Crippen molar-refractivity contribution in [3.63, 3.8) is 0 Å². The van der Waals surface area contributed by atoms with Crippen molar-refractivity contribution >= 4 is 46.9 Å². The molecule has 0 atom stereocenters. The van der Waals surface area contributed by atoms with E-state index < -0.39 is 11.6 Å². The van der Waals surface area contributed by atoms with E-state index in [9.17, 15) is 14.4 Å². The van der Waals surface area contributed by atoms with E-state index in [2.05, 4.69) is 5.32 Å². The van der Waals surface area contributed by atoms with Crippen LogP contribution in [0.15, 0.2) is 66.7 Å². The Morgan fingerprint density at radius 1 is 0.957 bits per heavy atom. The van der Waals surface area contributed by atoms with E-state index in [4.69, 9.17) is 37.4 Å². The van der Waals surface area contributed by atoms with E-state index in [0.29, 0.717) is 40.8 Å². The molecule has 46 heavy (non-hydrogen) atoms. The lowest BCUT2D eigenvalue weighted by Crippen LogP contribution is -2.44. The SMILES string of the molecule is CCOC(=O)CN(Cc1c(Cl)cccc1NCc1ccc(OC2CCN(C(=O)OC(C)(C)C)CC2)cc1)C(=O)c1ccc(Cl)cc1. The number of anilines is 1. The molecule has 11 heteroatoms. The van der Waals surface area contributed by atoms with Gasteiger partial charge >= 0.3 is 12.1 Å². The Morgan fingerprint density at radius 2 is 1.63 bits per heavy atom. The summed E-state index contributed by atoms with van der Waals surface area (Å²) in [5, 5.41) is 4.39. The van der Waals surface area contributed by atoms with Crippen molar-refractivity contribution in [2.45, 2.75) is 65.3 Å². The summed E-state index contributed by atoms with van der Waals surface area (Å²) >= 11 is 12.6. The number of esters is 1. The largest absolute Gasteiger partial charge is 0.490 e. The number of benzene rings is 3. The fourth-order valence-corrected chi connectivity index (χ4v) is 5.33. The highest BCUT2D eigenvalue weighted by Crippen LogP contribution is 2.28. The molecule has 1 fully saturated rings. The number of nitrogens with one attached hydrogen (secondary N) is 1. The number of piperidine rings is 1. The van der Waals surface area contributed by atoms with E-state index in [0.717, 1.165) is 29.8 Å². The summed E-state index contributed by atoms with van der Waals surface area (Å²) in [6.45, 7) is 9.03. The molecule has 0 aliphatic carbocycles. The van der Waals surface area contributed by atoms with Crippen molar-refractivity contribution in [1.82, 2.24) is 9.80 Å². The molecule has 1 aliphatic rings. The number of nitrogens with zero attached hydrogens (tertiary/aromatic N) is 2. The van der Waals surface area contributed by atoms with Gasteiger partial charge in [0.1, 0.15) is 24.0 Å². The third-order valence-electron chi connectivity index (χ3n) is 7.27. The van der Waals surface area contributed by atoms with Crippen molar-refractivity contribution in [3.8, 4) is 5.75 Å². The molecule has 1 heterocycles. The van der Waals surface area contributed by atoms with Gasteiger partial charge in [0.25, 0.3) is 5.91 Å². The molecule has 1 aliphatic heterocycles. The topological polar surface area (TPSA) is 97.4 Å². The van der Waals surface area contributed by atoms with Crippen LogP contribution in [0.1, 0.15) is 62.0 Å². The van der Waals surface area contributed by atoms with Crippen molar-refractivity contribution in [2.75, 3.05) is 31.6 Å². The van der Waals surface area contributed by atoms with Crippen LogP contribution in [0.3, 0.4) is 0 Å². The second-order valence-corrected chi connectivity index (χ2v) is 12.9. The van der Waals surface area contributed by atoms with E-state index in [1.54, 1.807) is 42.2 Å². The maximum Gasteiger partial charge on any atom is 0.410 e. The minimum absolute atomic E-state index is 0.0183. The molecule has 0 radical (unpaired) electrons. The Bertz CT molecular complexity index is 1480. The Balaban J connectivity index is 1.37. The van der Waals surface area contributed by atoms with Crippen LogP contribution in [0.2, 0.25) is 10.0 Å². The van der Waals surface area contributed by atoms with Crippen LogP contribution in [-0.2, 0) is 27.4 Å². The van der Waals surface area contributed by atoms with Crippen molar-refractivity contribution in [1.29, 1.82) is 0 Å². The van der Waals surface area contributed by atoms with E-state index >= 15 is 0 Å². The summed E-state index contributed by atoms with van der Waals surface area (Å²) in [5.74, 6) is -0.0952. The molecular formula is C35H41Cl2N3O6. The Labute approximate surface area is 280 Å². The fourth-order valence-electron chi connectivity index (χ4n) is 4.97. The van der Waals surface area contributed by atoms with Crippen LogP contribution in [0.4, 0.5) is 10.5 Å². The number of ether oxygens (including phenoxy) is 3. The van der Waals surface area contributed by atoms with Gasteiger partial charge in [-0.05, 0) is 81.8 Å². The zero-order valence-electron chi connectivity index (χ0n) is 26.7. The standard InChI is InChI=1S/C35H41Cl2N3O6/c1-5-44-32(41)23-40(33(42)25-11-13-26(36)14-12-25)22-29-30(37)7-6-8-31(29)38-21-24-9-15-27(16-10-24)45-28-17-19-39(20-18-28)34(43)46-35(2,3)4/h6-16,28,38H,5,17-23H2,1-4H3. The third-order valence-corrected chi connectivity index (χ3v) is 7.88. The molecule has 3 aromatic rings. The van der Waals surface area contributed by atoms with Crippen molar-refractivity contribution in [3.05, 3.63) is 93.5 Å². The molecule has 0 unspecified atom stereocenters. The summed E-state index contributed by atoms with van der Waals surface area (Å²) in [7, 11) is 0. The van der Waals surface area contributed by atoms with Crippen molar-refractivity contribution < 1.29 is 28.6 Å². The first kappa shape index (κ1) is 34.9. The maximum absolute atomic E-state index is 13.4. The summed E-state index contributed by atoms with van der Waals surface area (Å²) in [5.41, 5.74) is 2.30. The maximum atomic E-state index is 13.4. The lowest BCUT2D eigenvalue weighted by Gasteiger charge is -2.33. The second kappa shape index (κ2) is 16.1. The Kier molecular flexibility index (Phi) is 12.2. The van der Waals surface area contributed by atoms with Gasteiger partial charge in [-0.25, -0.2) is 4.79 Å². The number of hydrogen-bond donors (Lipinski definition) is 1. The van der Waals surface area contributed by atoms with Gasteiger partial charge in [0.05, 0.1) is 13.2 Å². The molecule has 0 saturated carbocycles. The Morgan fingerprint density at radius 3 is 2.26 bits per heavy atom. The molecule has 0 spiro atoms. The second-order valence-electron chi connectivity index (χ2n) is 12.0. The molecule has 2 amide bonds. The highest BCUT2D eigenvalue weighted by Gasteiger charge is 2.28. The van der Waals surface area contributed by atoms with E-state index in [1.807, 2.05) is 57.2 Å². The van der Waals surface area contributed by atoms with Crippen LogP contribution in [-0.4, -0.2) is 65.7 Å². The minimum atomic E-state index is -0.517. The fraction of sp³-hybridized carbons (Fsp3) is 0.400. The van der Waals surface area contributed by atoms with Crippen LogP contribution in [0.25, 0.3) is 0 Å². The van der Waals surface area contributed by atoms with E-state index in [-0.39, 0.29) is 37.8 Å². The third kappa shape index (κ3) is 10.3. The smallest absolute Gasteiger partial charge is 0.410 e. The van der Waals surface area contributed by atoms with Crippen LogP contribution >= 0.6 is 23.2 Å². The summed E-state index contributed by atoms with van der Waals surface area (Å²) in [4.78, 5) is 41.4. The van der Waals surface area contributed by atoms with Gasteiger partial charge in [0, 0.05) is 59.3 Å². The first-order valence-electron chi connectivity index (χ1n) is 15.4.